The topological polar surface area (TPSA) is 49.2 Å². The standard InChI is InChI=1S/C12H13N3O/c1-8-10-4-2-3-5-11(10)12(14-13-8)15-6-9(16)7-15/h2-5,9,16H,6-7H2,1H3. The molecule has 1 fully saturated rings. The first kappa shape index (κ1) is 9.54. The van der Waals surface area contributed by atoms with E-state index in [-0.39, 0.29) is 6.10 Å². The Hall–Kier alpha value is -1.68. The van der Waals surface area contributed by atoms with Gasteiger partial charge in [-0.1, -0.05) is 24.3 Å². The van der Waals surface area contributed by atoms with Crippen molar-refractivity contribution in [3.05, 3.63) is 30.0 Å². The Labute approximate surface area is 93.5 Å². The third-order valence-electron chi connectivity index (χ3n) is 3.01. The molecule has 1 aromatic carbocycles. The Morgan fingerprint density at radius 3 is 2.56 bits per heavy atom. The van der Waals surface area contributed by atoms with Gasteiger partial charge in [-0.2, -0.15) is 5.10 Å². The van der Waals surface area contributed by atoms with Crippen molar-refractivity contribution < 1.29 is 5.11 Å². The van der Waals surface area contributed by atoms with Gasteiger partial charge in [0.05, 0.1) is 11.8 Å². The zero-order valence-electron chi connectivity index (χ0n) is 9.09. The molecule has 0 aliphatic carbocycles. The molecule has 4 heteroatoms. The number of anilines is 1. The van der Waals surface area contributed by atoms with E-state index in [0.717, 1.165) is 22.3 Å². The molecular weight excluding hydrogens is 202 g/mol. The van der Waals surface area contributed by atoms with Crippen LogP contribution in [0, 0.1) is 6.92 Å². The maximum atomic E-state index is 9.32. The molecule has 0 bridgehead atoms. The highest BCUT2D eigenvalue weighted by Gasteiger charge is 2.27. The van der Waals surface area contributed by atoms with Crippen molar-refractivity contribution in [2.75, 3.05) is 18.0 Å². The second kappa shape index (κ2) is 3.42. The predicted octanol–water partition coefficient (Wildman–Crippen LogP) is 1.12. The summed E-state index contributed by atoms with van der Waals surface area (Å²) in [5, 5.41) is 20.0. The maximum absolute atomic E-state index is 9.32. The first-order valence-corrected chi connectivity index (χ1v) is 5.41. The van der Waals surface area contributed by atoms with Crippen LogP contribution < -0.4 is 4.90 Å². The molecule has 0 radical (unpaired) electrons. The molecule has 0 atom stereocenters. The van der Waals surface area contributed by atoms with Crippen LogP contribution in [0.1, 0.15) is 5.69 Å². The lowest BCUT2D eigenvalue weighted by Gasteiger charge is -2.37. The van der Waals surface area contributed by atoms with Crippen LogP contribution in [-0.4, -0.2) is 34.5 Å². The van der Waals surface area contributed by atoms with Crippen LogP contribution in [0.15, 0.2) is 24.3 Å². The van der Waals surface area contributed by atoms with Gasteiger partial charge in [-0.05, 0) is 6.92 Å². The van der Waals surface area contributed by atoms with Crippen molar-refractivity contribution in [1.29, 1.82) is 0 Å². The summed E-state index contributed by atoms with van der Waals surface area (Å²) in [6.07, 6.45) is -0.220. The lowest BCUT2D eigenvalue weighted by Crippen LogP contribution is -2.51. The van der Waals surface area contributed by atoms with E-state index in [1.54, 1.807) is 0 Å². The van der Waals surface area contributed by atoms with E-state index >= 15 is 0 Å². The quantitative estimate of drug-likeness (QED) is 0.774. The van der Waals surface area contributed by atoms with Gasteiger partial charge in [-0.3, -0.25) is 0 Å². The first-order chi connectivity index (χ1) is 7.75. The van der Waals surface area contributed by atoms with Crippen molar-refractivity contribution >= 4 is 16.6 Å². The molecule has 0 saturated carbocycles. The van der Waals surface area contributed by atoms with Gasteiger partial charge in [-0.15, -0.1) is 5.10 Å². The van der Waals surface area contributed by atoms with Crippen LogP contribution in [0.2, 0.25) is 0 Å². The number of aliphatic hydroxyl groups is 1. The number of aryl methyl sites for hydroxylation is 1. The number of hydrogen-bond donors (Lipinski definition) is 1. The second-order valence-electron chi connectivity index (χ2n) is 4.21. The van der Waals surface area contributed by atoms with Crippen molar-refractivity contribution in [3.63, 3.8) is 0 Å². The van der Waals surface area contributed by atoms with Crippen LogP contribution >= 0.6 is 0 Å². The SMILES string of the molecule is Cc1nnc(N2CC(O)C2)c2ccccc12. The molecule has 0 unspecified atom stereocenters. The summed E-state index contributed by atoms with van der Waals surface area (Å²) in [5.41, 5.74) is 0.945. The maximum Gasteiger partial charge on any atom is 0.159 e. The van der Waals surface area contributed by atoms with Gasteiger partial charge in [0.2, 0.25) is 0 Å². The number of hydrogen-bond acceptors (Lipinski definition) is 4. The Bertz CT molecular complexity index is 535. The molecule has 82 valence electrons. The summed E-state index contributed by atoms with van der Waals surface area (Å²) in [7, 11) is 0. The zero-order chi connectivity index (χ0) is 11.1. The highest BCUT2D eigenvalue weighted by Crippen LogP contribution is 2.28. The number of aromatic nitrogens is 2. The minimum atomic E-state index is -0.220. The van der Waals surface area contributed by atoms with Crippen molar-refractivity contribution in [2.24, 2.45) is 0 Å². The molecule has 1 aliphatic heterocycles. The Morgan fingerprint density at radius 1 is 1.19 bits per heavy atom. The van der Waals surface area contributed by atoms with E-state index in [9.17, 15) is 5.11 Å². The minimum absolute atomic E-state index is 0.220. The number of β-amino-alcohol motifs (C(OH)–C–C–N with tert-alkyl or cyclic N) is 1. The van der Waals surface area contributed by atoms with E-state index in [1.165, 1.54) is 0 Å². The first-order valence-electron chi connectivity index (χ1n) is 5.41. The summed E-state index contributed by atoms with van der Waals surface area (Å²) >= 11 is 0. The molecule has 16 heavy (non-hydrogen) atoms. The van der Waals surface area contributed by atoms with Crippen LogP contribution in [0.25, 0.3) is 10.8 Å². The third-order valence-corrected chi connectivity index (χ3v) is 3.01. The van der Waals surface area contributed by atoms with Crippen LogP contribution in [-0.2, 0) is 0 Å². The number of nitrogens with zero attached hydrogens (tertiary/aromatic N) is 3. The molecule has 0 spiro atoms. The predicted molar refractivity (Wildman–Crippen MR) is 62.5 cm³/mol. The van der Waals surface area contributed by atoms with Gasteiger partial charge in [-0.25, -0.2) is 0 Å². The average Bonchev–Trinajstić information content (AvgIpc) is 2.27. The van der Waals surface area contributed by atoms with E-state index in [2.05, 4.69) is 27.2 Å². The number of aliphatic hydroxyl groups excluding tert-OH is 1. The fourth-order valence-electron chi connectivity index (χ4n) is 2.09. The van der Waals surface area contributed by atoms with E-state index < -0.39 is 0 Å². The zero-order valence-corrected chi connectivity index (χ0v) is 9.09. The smallest absolute Gasteiger partial charge is 0.159 e. The van der Waals surface area contributed by atoms with Crippen LogP contribution in [0.5, 0.6) is 0 Å². The number of benzene rings is 1. The molecule has 1 aliphatic rings. The summed E-state index contributed by atoms with van der Waals surface area (Å²) < 4.78 is 0. The number of fused-ring (bicyclic) bond motifs is 1. The normalized spacial score (nSPS) is 16.5. The Morgan fingerprint density at radius 2 is 1.88 bits per heavy atom. The van der Waals surface area contributed by atoms with Gasteiger partial charge in [0.1, 0.15) is 0 Å². The van der Waals surface area contributed by atoms with Crippen molar-refractivity contribution in [2.45, 2.75) is 13.0 Å². The minimum Gasteiger partial charge on any atom is -0.389 e. The van der Waals surface area contributed by atoms with Crippen LogP contribution in [0.4, 0.5) is 5.82 Å². The fourth-order valence-corrected chi connectivity index (χ4v) is 2.09. The Kier molecular flexibility index (Phi) is 2.04. The summed E-state index contributed by atoms with van der Waals surface area (Å²) in [4.78, 5) is 2.06. The third kappa shape index (κ3) is 1.34. The molecular formula is C12H13N3O. The molecule has 4 nitrogen and oxygen atoms in total. The van der Waals surface area contributed by atoms with Crippen molar-refractivity contribution in [1.82, 2.24) is 10.2 Å². The largest absolute Gasteiger partial charge is 0.389 e. The fraction of sp³-hybridized carbons (Fsp3) is 0.333. The van der Waals surface area contributed by atoms with Gasteiger partial charge >= 0.3 is 0 Å². The van der Waals surface area contributed by atoms with E-state index in [1.807, 2.05) is 19.1 Å². The summed E-state index contributed by atoms with van der Waals surface area (Å²) in [6, 6.07) is 8.12. The van der Waals surface area contributed by atoms with Gasteiger partial charge in [0, 0.05) is 23.9 Å². The van der Waals surface area contributed by atoms with E-state index in [0.29, 0.717) is 13.1 Å². The van der Waals surface area contributed by atoms with Gasteiger partial charge in [0.25, 0.3) is 0 Å². The highest BCUT2D eigenvalue weighted by atomic mass is 16.3. The summed E-state index contributed by atoms with van der Waals surface area (Å²) in [6.45, 7) is 3.27. The van der Waals surface area contributed by atoms with Crippen molar-refractivity contribution in [3.8, 4) is 0 Å². The highest BCUT2D eigenvalue weighted by molar-refractivity contribution is 5.93. The van der Waals surface area contributed by atoms with E-state index in [4.69, 9.17) is 0 Å². The monoisotopic (exact) mass is 215 g/mol. The van der Waals surface area contributed by atoms with Crippen LogP contribution in [0.3, 0.4) is 0 Å². The molecule has 2 aromatic rings. The molecule has 2 heterocycles. The lowest BCUT2D eigenvalue weighted by molar-refractivity contribution is 0.141. The second-order valence-corrected chi connectivity index (χ2v) is 4.21. The lowest BCUT2D eigenvalue weighted by atomic mass is 10.1. The molecule has 3 rings (SSSR count). The van der Waals surface area contributed by atoms with Gasteiger partial charge in [0.15, 0.2) is 5.82 Å². The average molecular weight is 215 g/mol. The number of rotatable bonds is 1. The molecule has 1 aromatic heterocycles. The summed E-state index contributed by atoms with van der Waals surface area (Å²) in [5.74, 6) is 0.881. The molecule has 1 N–H and O–H groups in total. The molecule has 0 amide bonds. The molecule has 1 saturated heterocycles. The van der Waals surface area contributed by atoms with Gasteiger partial charge < -0.3 is 10.0 Å². The Balaban J connectivity index is 2.15.